The largest absolute Gasteiger partial charge is 0.508 e. The molecule has 0 radical (unpaired) electrons. The quantitative estimate of drug-likeness (QED) is 0.0921. The molecule has 2 aliphatic heterocycles. The number of allylic oxidation sites excluding steroid dienone is 2. The number of hydrogen-bond donors (Lipinski definition) is 2. The van der Waals surface area contributed by atoms with E-state index in [9.17, 15) is 9.90 Å². The third-order valence-electron chi connectivity index (χ3n) is 10.4. The Labute approximate surface area is 295 Å². The molecule has 8 nitrogen and oxygen atoms in total. The number of rotatable bonds is 14. The van der Waals surface area contributed by atoms with Crippen LogP contribution in [0, 0.1) is 5.92 Å². The molecule has 0 saturated carbocycles. The van der Waals surface area contributed by atoms with Crippen LogP contribution in [0.25, 0.3) is 0 Å². The monoisotopic (exact) mass is 668 g/mol. The van der Waals surface area contributed by atoms with E-state index in [1.807, 2.05) is 50.2 Å². The van der Waals surface area contributed by atoms with Crippen LogP contribution in [0.4, 0.5) is 11.4 Å². The van der Waals surface area contributed by atoms with Gasteiger partial charge in [0.25, 0.3) is 5.91 Å². The number of carbonyl (C=O) groups excluding carboxylic acids is 1. The van der Waals surface area contributed by atoms with Crippen LogP contribution in [-0.2, 0) is 10.2 Å². The molecule has 0 aliphatic carbocycles. The molecule has 1 saturated heterocycles. The smallest absolute Gasteiger partial charge is 0.260 e. The Morgan fingerprint density at radius 2 is 1.86 bits per heavy atom. The van der Waals surface area contributed by atoms with Gasteiger partial charge in [0, 0.05) is 43.3 Å². The standard InChI is InChI=1S/C41H60N6O2/c1-9-30(4)18-21-47(40(49)39(24-31(5)10-2)32(6)44-33(7)42-11-3)37-16-13-15-36(26-37)46-28-35(43-29-46)27-45-22-19-41(8,20-23-45)34-14-12-17-38(48)25-34/h12-17,24-26,29-30,35,48H,9-11,18-23,27-28H2,1-8H3,(H,42,44)/b31-24-,39-32+. The van der Waals surface area contributed by atoms with Crippen molar-refractivity contribution in [2.75, 3.05) is 49.1 Å². The summed E-state index contributed by atoms with van der Waals surface area (Å²) in [5.74, 6) is 1.65. The van der Waals surface area contributed by atoms with Crippen molar-refractivity contribution in [3.8, 4) is 5.75 Å². The average Bonchev–Trinajstić information content (AvgIpc) is 3.56. The molecule has 2 aromatic carbocycles. The molecule has 1 amide bonds. The van der Waals surface area contributed by atoms with Crippen LogP contribution in [0.5, 0.6) is 5.75 Å². The average molecular weight is 669 g/mol. The molecule has 49 heavy (non-hydrogen) atoms. The van der Waals surface area contributed by atoms with Crippen LogP contribution in [0.15, 0.2) is 81.4 Å². The Kier molecular flexibility index (Phi) is 13.7. The fourth-order valence-electron chi connectivity index (χ4n) is 6.65. The van der Waals surface area contributed by atoms with Crippen molar-refractivity contribution < 1.29 is 9.90 Å². The Bertz CT molecular complexity index is 1530. The van der Waals surface area contributed by atoms with Crippen LogP contribution in [-0.4, -0.2) is 73.4 Å². The molecule has 2 heterocycles. The number of aromatic hydroxyl groups is 1. The summed E-state index contributed by atoms with van der Waals surface area (Å²) in [7, 11) is 0. The Morgan fingerprint density at radius 3 is 2.53 bits per heavy atom. The van der Waals surface area contributed by atoms with Crippen LogP contribution in [0.1, 0.15) is 93.1 Å². The number of carbonyl (C=O) groups is 1. The van der Waals surface area contributed by atoms with Gasteiger partial charge in [-0.25, -0.2) is 0 Å². The van der Waals surface area contributed by atoms with Crippen molar-refractivity contribution in [1.29, 1.82) is 0 Å². The number of piperidine rings is 1. The molecular weight excluding hydrogens is 608 g/mol. The highest BCUT2D eigenvalue weighted by Crippen LogP contribution is 2.36. The highest BCUT2D eigenvalue weighted by molar-refractivity contribution is 6.08. The van der Waals surface area contributed by atoms with E-state index in [1.54, 1.807) is 6.07 Å². The van der Waals surface area contributed by atoms with E-state index in [1.165, 1.54) is 5.56 Å². The molecule has 0 aromatic heterocycles. The molecule has 266 valence electrons. The summed E-state index contributed by atoms with van der Waals surface area (Å²) in [6.07, 6.45) is 8.99. The number of amidine groups is 1. The lowest BCUT2D eigenvalue weighted by Gasteiger charge is -2.40. The molecule has 8 heteroatoms. The zero-order chi connectivity index (χ0) is 35.6. The SMILES string of the molecule is CCN=C(C)N/C(C)=C(\C=C(\C)CC)C(=O)N(CCC(C)CC)c1cccc(N2C=NC(CN3CCC(C)(c4cccc(O)c4)CC3)C2)c1. The van der Waals surface area contributed by atoms with Gasteiger partial charge in [0.15, 0.2) is 0 Å². The van der Waals surface area contributed by atoms with E-state index in [4.69, 9.17) is 4.99 Å². The van der Waals surface area contributed by atoms with Crippen LogP contribution in [0.2, 0.25) is 0 Å². The molecule has 0 bridgehead atoms. The lowest BCUT2D eigenvalue weighted by Crippen LogP contribution is -2.44. The summed E-state index contributed by atoms with van der Waals surface area (Å²) >= 11 is 0. The normalized spacial score (nSPS) is 19.5. The van der Waals surface area contributed by atoms with Gasteiger partial charge in [-0.1, -0.05) is 57.9 Å². The topological polar surface area (TPSA) is 83.8 Å². The first kappa shape index (κ1) is 37.9. The lowest BCUT2D eigenvalue weighted by molar-refractivity contribution is -0.115. The fraction of sp³-hybridized carbons (Fsp3) is 0.537. The molecule has 0 spiro atoms. The van der Waals surface area contributed by atoms with Gasteiger partial charge >= 0.3 is 0 Å². The molecule has 2 atom stereocenters. The summed E-state index contributed by atoms with van der Waals surface area (Å²) in [6, 6.07) is 16.3. The second kappa shape index (κ2) is 17.7. The highest BCUT2D eigenvalue weighted by Gasteiger charge is 2.33. The van der Waals surface area contributed by atoms with Crippen molar-refractivity contribution >= 4 is 29.5 Å². The number of nitrogens with zero attached hydrogens (tertiary/aromatic N) is 5. The molecular formula is C41H60N6O2. The number of aliphatic imine (C=N–C) groups is 2. The maximum Gasteiger partial charge on any atom is 0.260 e. The van der Waals surface area contributed by atoms with Crippen molar-refractivity contribution in [1.82, 2.24) is 10.2 Å². The number of phenols is 1. The van der Waals surface area contributed by atoms with Gasteiger partial charge in [-0.15, -0.1) is 0 Å². The van der Waals surface area contributed by atoms with Gasteiger partial charge < -0.3 is 25.1 Å². The Balaban J connectivity index is 1.50. The van der Waals surface area contributed by atoms with Gasteiger partial charge in [-0.2, -0.15) is 0 Å². The number of benzene rings is 2. The van der Waals surface area contributed by atoms with E-state index in [0.717, 1.165) is 86.8 Å². The summed E-state index contributed by atoms with van der Waals surface area (Å²) < 4.78 is 0. The molecule has 2 aromatic rings. The molecule has 2 unspecified atom stereocenters. The second-order valence-electron chi connectivity index (χ2n) is 14.3. The molecule has 2 aliphatic rings. The first-order chi connectivity index (χ1) is 23.5. The van der Waals surface area contributed by atoms with Crippen molar-refractivity contribution in [2.24, 2.45) is 15.9 Å². The van der Waals surface area contributed by atoms with E-state index in [-0.39, 0.29) is 17.4 Å². The number of amides is 1. The maximum absolute atomic E-state index is 14.5. The van der Waals surface area contributed by atoms with E-state index >= 15 is 0 Å². The summed E-state index contributed by atoms with van der Waals surface area (Å²) in [5.41, 5.74) is 5.89. The van der Waals surface area contributed by atoms with E-state index < -0.39 is 0 Å². The molecule has 2 N–H and O–H groups in total. The van der Waals surface area contributed by atoms with Crippen LogP contribution >= 0.6 is 0 Å². The van der Waals surface area contributed by atoms with Crippen LogP contribution < -0.4 is 15.1 Å². The minimum Gasteiger partial charge on any atom is -0.508 e. The maximum atomic E-state index is 14.5. The Hall–Kier alpha value is -3.91. The van der Waals surface area contributed by atoms with Gasteiger partial charge in [-0.05, 0) is 120 Å². The predicted octanol–water partition coefficient (Wildman–Crippen LogP) is 8.09. The van der Waals surface area contributed by atoms with Gasteiger partial charge in [0.2, 0.25) is 0 Å². The number of phenolic OH excluding ortho intramolecular Hbond substituents is 1. The number of anilines is 2. The zero-order valence-corrected chi connectivity index (χ0v) is 31.3. The summed E-state index contributed by atoms with van der Waals surface area (Å²) in [4.78, 5) is 30.7. The Morgan fingerprint density at radius 1 is 1.12 bits per heavy atom. The van der Waals surface area contributed by atoms with Gasteiger partial charge in [-0.3, -0.25) is 14.8 Å². The van der Waals surface area contributed by atoms with E-state index in [2.05, 4.69) is 85.1 Å². The fourth-order valence-corrected chi connectivity index (χ4v) is 6.65. The highest BCUT2D eigenvalue weighted by atomic mass is 16.3. The van der Waals surface area contributed by atoms with Gasteiger partial charge in [0.1, 0.15) is 5.75 Å². The number of likely N-dealkylation sites (tertiary alicyclic amines) is 1. The minimum atomic E-state index is -0.00155. The molecule has 4 rings (SSSR count). The summed E-state index contributed by atoms with van der Waals surface area (Å²) in [5, 5.41) is 13.4. The number of hydrogen-bond acceptors (Lipinski definition) is 6. The molecule has 1 fully saturated rings. The van der Waals surface area contributed by atoms with Crippen molar-refractivity contribution in [3.63, 3.8) is 0 Å². The predicted molar refractivity (Wildman–Crippen MR) is 207 cm³/mol. The third-order valence-corrected chi connectivity index (χ3v) is 10.4. The summed E-state index contributed by atoms with van der Waals surface area (Å²) in [6.45, 7) is 22.0. The minimum absolute atomic E-state index is 0.00155. The lowest BCUT2D eigenvalue weighted by atomic mass is 9.74. The van der Waals surface area contributed by atoms with Crippen molar-refractivity contribution in [3.05, 3.63) is 77.0 Å². The first-order valence-corrected chi connectivity index (χ1v) is 18.4. The third kappa shape index (κ3) is 10.3. The first-order valence-electron chi connectivity index (χ1n) is 18.4. The van der Waals surface area contributed by atoms with Crippen molar-refractivity contribution in [2.45, 2.75) is 99.0 Å². The second-order valence-corrected chi connectivity index (χ2v) is 14.3. The van der Waals surface area contributed by atoms with E-state index in [0.29, 0.717) is 30.3 Å². The van der Waals surface area contributed by atoms with Crippen LogP contribution in [0.3, 0.4) is 0 Å². The zero-order valence-electron chi connectivity index (χ0n) is 31.3. The number of nitrogens with one attached hydrogen (secondary N) is 1. The van der Waals surface area contributed by atoms with Gasteiger partial charge in [0.05, 0.1) is 23.8 Å².